The molecule has 3 aliphatic carbocycles. The molecule has 29 heavy (non-hydrogen) atoms. The summed E-state index contributed by atoms with van der Waals surface area (Å²) in [5, 5.41) is 9.63. The first-order valence-electron chi connectivity index (χ1n) is 10.3. The number of anilines is 1. The largest absolute Gasteiger partial charge is 0.349 e. The molecule has 0 bridgehead atoms. The van der Waals surface area contributed by atoms with Crippen LogP contribution in [0.25, 0.3) is 0 Å². The monoisotopic (exact) mass is 414 g/mol. The SMILES string of the molecule is O=C(NC1CCC2(CC1)CC2)C1=CCC2NC(Nc3c(F)cccc3Cl)=NC2=C1. The van der Waals surface area contributed by atoms with Gasteiger partial charge in [0.2, 0.25) is 5.96 Å². The van der Waals surface area contributed by atoms with Crippen molar-refractivity contribution in [2.45, 2.75) is 57.0 Å². The third kappa shape index (κ3) is 3.78. The van der Waals surface area contributed by atoms with Crippen molar-refractivity contribution < 1.29 is 9.18 Å². The lowest BCUT2D eigenvalue weighted by atomic mass is 9.83. The average Bonchev–Trinajstić information content (AvgIpc) is 3.34. The van der Waals surface area contributed by atoms with Crippen LogP contribution in [0, 0.1) is 11.2 Å². The van der Waals surface area contributed by atoms with Crippen molar-refractivity contribution in [1.29, 1.82) is 0 Å². The lowest BCUT2D eigenvalue weighted by Gasteiger charge is -2.29. The van der Waals surface area contributed by atoms with Crippen LogP contribution in [0.3, 0.4) is 0 Å². The number of guanidine groups is 1. The van der Waals surface area contributed by atoms with E-state index in [9.17, 15) is 9.18 Å². The van der Waals surface area contributed by atoms with Gasteiger partial charge in [-0.1, -0.05) is 23.7 Å². The Kier molecular flexibility index (Phi) is 4.62. The number of halogens is 2. The van der Waals surface area contributed by atoms with Gasteiger partial charge in [-0.2, -0.15) is 0 Å². The summed E-state index contributed by atoms with van der Waals surface area (Å²) in [5.74, 6) is -0.0312. The number of para-hydroxylation sites is 1. The minimum atomic E-state index is -0.440. The topological polar surface area (TPSA) is 65.5 Å². The first-order chi connectivity index (χ1) is 14.0. The molecule has 152 valence electrons. The number of hydrogen-bond donors (Lipinski definition) is 3. The van der Waals surface area contributed by atoms with Crippen LogP contribution in [0.2, 0.25) is 5.02 Å². The van der Waals surface area contributed by atoms with Crippen LogP contribution in [0.4, 0.5) is 10.1 Å². The van der Waals surface area contributed by atoms with Crippen LogP contribution < -0.4 is 16.0 Å². The molecule has 0 saturated heterocycles. The Morgan fingerprint density at radius 1 is 1.24 bits per heavy atom. The molecule has 1 heterocycles. The highest BCUT2D eigenvalue weighted by Crippen LogP contribution is 2.56. The summed E-state index contributed by atoms with van der Waals surface area (Å²) in [7, 11) is 0. The molecule has 7 heteroatoms. The van der Waals surface area contributed by atoms with Crippen LogP contribution in [0.5, 0.6) is 0 Å². The molecule has 1 atom stereocenters. The predicted octanol–water partition coefficient (Wildman–Crippen LogP) is 4.27. The number of fused-ring (bicyclic) bond motifs is 1. The minimum absolute atomic E-state index is 0.0241. The molecule has 1 aliphatic heterocycles. The highest BCUT2D eigenvalue weighted by molar-refractivity contribution is 6.33. The van der Waals surface area contributed by atoms with Gasteiger partial charge in [-0.3, -0.25) is 4.79 Å². The first kappa shape index (κ1) is 18.7. The molecular weight excluding hydrogens is 391 g/mol. The van der Waals surface area contributed by atoms with Crippen molar-refractivity contribution >= 4 is 29.2 Å². The Balaban J connectivity index is 1.23. The summed E-state index contributed by atoms with van der Waals surface area (Å²) < 4.78 is 14.0. The number of nitrogens with one attached hydrogen (secondary N) is 3. The van der Waals surface area contributed by atoms with Gasteiger partial charge in [0.25, 0.3) is 5.91 Å². The summed E-state index contributed by atoms with van der Waals surface area (Å²) in [6.07, 6.45) is 11.8. The zero-order chi connectivity index (χ0) is 20.0. The number of carbonyl (C=O) groups is 1. The van der Waals surface area contributed by atoms with E-state index in [1.807, 2.05) is 12.2 Å². The molecule has 5 nitrogen and oxygen atoms in total. The van der Waals surface area contributed by atoms with Crippen LogP contribution in [-0.2, 0) is 4.79 Å². The maximum Gasteiger partial charge on any atom is 0.251 e. The van der Waals surface area contributed by atoms with E-state index in [1.54, 1.807) is 12.1 Å². The summed E-state index contributed by atoms with van der Waals surface area (Å²) in [5.41, 5.74) is 2.23. The molecule has 1 amide bonds. The van der Waals surface area contributed by atoms with Crippen LogP contribution in [-0.4, -0.2) is 24.0 Å². The first-order valence-corrected chi connectivity index (χ1v) is 10.7. The Morgan fingerprint density at radius 2 is 2.03 bits per heavy atom. The molecule has 1 aromatic carbocycles. The van der Waals surface area contributed by atoms with Crippen molar-refractivity contribution in [1.82, 2.24) is 10.6 Å². The molecule has 0 radical (unpaired) electrons. The van der Waals surface area contributed by atoms with E-state index in [4.69, 9.17) is 11.6 Å². The molecule has 0 aromatic heterocycles. The maximum atomic E-state index is 14.0. The summed E-state index contributed by atoms with van der Waals surface area (Å²) >= 11 is 6.08. The highest BCUT2D eigenvalue weighted by Gasteiger charge is 2.44. The Bertz CT molecular complexity index is 920. The lowest BCUT2D eigenvalue weighted by molar-refractivity contribution is -0.118. The fraction of sp³-hybridized carbons (Fsp3) is 0.455. The standard InChI is InChI=1S/C22H24ClFN4O/c23-15-2-1-3-16(24)19(15)28-21-26-17-5-4-13(12-18(17)27-21)20(29)25-14-6-8-22(9-7-14)10-11-22/h1-4,12,14,17H,5-11H2,(H,25,29)(H2,26,27,28). The van der Waals surface area contributed by atoms with Crippen LogP contribution in [0.1, 0.15) is 44.9 Å². The molecule has 5 rings (SSSR count). The van der Waals surface area contributed by atoms with E-state index in [1.165, 1.54) is 31.7 Å². The van der Waals surface area contributed by atoms with Gasteiger partial charge in [-0.25, -0.2) is 9.38 Å². The molecule has 4 aliphatic rings. The van der Waals surface area contributed by atoms with E-state index in [-0.39, 0.29) is 28.7 Å². The van der Waals surface area contributed by atoms with Crippen molar-refractivity contribution in [2.24, 2.45) is 10.4 Å². The normalized spacial score (nSPS) is 24.8. The van der Waals surface area contributed by atoms with Gasteiger partial charge in [-0.15, -0.1) is 0 Å². The third-order valence-corrected chi connectivity index (χ3v) is 6.91. The van der Waals surface area contributed by atoms with Gasteiger partial charge < -0.3 is 16.0 Å². The fourth-order valence-corrected chi connectivity index (χ4v) is 4.74. The number of benzene rings is 1. The van der Waals surface area contributed by atoms with Gasteiger partial charge in [0, 0.05) is 11.6 Å². The smallest absolute Gasteiger partial charge is 0.251 e. The molecule has 1 aromatic rings. The number of amides is 1. The van der Waals surface area contributed by atoms with Crippen molar-refractivity contribution in [3.8, 4) is 0 Å². The van der Waals surface area contributed by atoms with E-state index in [0.29, 0.717) is 23.4 Å². The average molecular weight is 415 g/mol. The summed E-state index contributed by atoms with van der Waals surface area (Å²) in [4.78, 5) is 17.2. The summed E-state index contributed by atoms with van der Waals surface area (Å²) in [6, 6.07) is 4.77. The predicted molar refractivity (Wildman–Crippen MR) is 112 cm³/mol. The van der Waals surface area contributed by atoms with E-state index < -0.39 is 5.82 Å². The zero-order valence-electron chi connectivity index (χ0n) is 16.1. The third-order valence-electron chi connectivity index (χ3n) is 6.59. The Labute approximate surface area is 174 Å². The minimum Gasteiger partial charge on any atom is -0.349 e. The van der Waals surface area contributed by atoms with Gasteiger partial charge in [0.05, 0.1) is 22.4 Å². The Hall–Kier alpha value is -2.34. The number of hydrogen-bond acceptors (Lipinski definition) is 4. The van der Waals surface area contributed by atoms with E-state index in [2.05, 4.69) is 20.9 Å². The molecule has 2 saturated carbocycles. The van der Waals surface area contributed by atoms with E-state index >= 15 is 0 Å². The Morgan fingerprint density at radius 3 is 2.76 bits per heavy atom. The lowest BCUT2D eigenvalue weighted by Crippen LogP contribution is -2.39. The van der Waals surface area contributed by atoms with Gasteiger partial charge >= 0.3 is 0 Å². The van der Waals surface area contributed by atoms with Crippen molar-refractivity contribution in [3.63, 3.8) is 0 Å². The van der Waals surface area contributed by atoms with Crippen LogP contribution >= 0.6 is 11.6 Å². The van der Waals surface area contributed by atoms with E-state index in [0.717, 1.165) is 18.5 Å². The number of aliphatic imine (C=N–C) groups is 1. The zero-order valence-corrected chi connectivity index (χ0v) is 16.9. The number of rotatable bonds is 3. The maximum absolute atomic E-state index is 14.0. The number of nitrogens with zero attached hydrogens (tertiary/aromatic N) is 1. The molecular formula is C22H24ClFN4O. The second kappa shape index (κ2) is 7.17. The second-order valence-electron chi connectivity index (χ2n) is 8.59. The fourth-order valence-electron chi connectivity index (χ4n) is 4.53. The highest BCUT2D eigenvalue weighted by atomic mass is 35.5. The van der Waals surface area contributed by atoms with Gasteiger partial charge in [-0.05, 0) is 68.6 Å². The quantitative estimate of drug-likeness (QED) is 0.692. The molecule has 1 spiro atoms. The summed E-state index contributed by atoms with van der Waals surface area (Å²) in [6.45, 7) is 0. The van der Waals surface area contributed by atoms with Crippen LogP contribution in [0.15, 0.2) is 46.6 Å². The molecule has 2 fully saturated rings. The van der Waals surface area contributed by atoms with Crippen molar-refractivity contribution in [3.05, 3.63) is 52.5 Å². The number of carbonyl (C=O) groups excluding carboxylic acids is 1. The van der Waals surface area contributed by atoms with Gasteiger partial charge in [0.1, 0.15) is 5.82 Å². The molecule has 3 N–H and O–H groups in total. The molecule has 1 unspecified atom stereocenters. The van der Waals surface area contributed by atoms with Gasteiger partial charge in [0.15, 0.2) is 0 Å². The van der Waals surface area contributed by atoms with Crippen molar-refractivity contribution in [2.75, 3.05) is 5.32 Å². The second-order valence-corrected chi connectivity index (χ2v) is 9.00.